The summed E-state index contributed by atoms with van der Waals surface area (Å²) in [5, 5.41) is 0. The first-order valence-electron chi connectivity index (χ1n) is 6.91. The second kappa shape index (κ2) is 5.09. The predicted octanol–water partition coefficient (Wildman–Crippen LogP) is 3.98. The highest BCUT2D eigenvalue weighted by molar-refractivity contribution is 5.99. The Morgan fingerprint density at radius 3 is 2.33 bits per heavy atom. The number of hydrogen-bond donors (Lipinski definition) is 0. The lowest BCUT2D eigenvalue weighted by Crippen LogP contribution is -2.31. The molecule has 2 atom stereocenters. The first-order chi connectivity index (χ1) is 9.84. The Bertz CT molecular complexity index is 555. The minimum Gasteiger partial charge on any atom is -0.375 e. The molecule has 1 aromatic carbocycles. The number of hydrogen-bond acceptors (Lipinski definition) is 2. The lowest BCUT2D eigenvalue weighted by molar-refractivity contribution is -0.138. The SMILES string of the molecule is O=C(c1ccc(F)cc1C(F)(F)F)C1CC2CCC(C1)O2. The Kier molecular flexibility index (Phi) is 3.51. The quantitative estimate of drug-likeness (QED) is 0.610. The van der Waals surface area contributed by atoms with Crippen LogP contribution >= 0.6 is 0 Å². The standard InChI is InChI=1S/C15H14F4O2/c16-9-1-4-12(13(7-9)15(17,18)19)14(20)8-5-10-2-3-11(6-8)21-10/h1,4,7-8,10-11H,2-3,5-6H2. The third-order valence-corrected chi connectivity index (χ3v) is 4.21. The number of carbonyl (C=O) groups excluding carboxylic acids is 1. The van der Waals surface area contributed by atoms with E-state index in [4.69, 9.17) is 4.74 Å². The fourth-order valence-electron chi connectivity index (χ4n) is 3.26. The van der Waals surface area contributed by atoms with Crippen LogP contribution in [0.1, 0.15) is 41.6 Å². The van der Waals surface area contributed by atoms with E-state index in [1.165, 1.54) is 0 Å². The van der Waals surface area contributed by atoms with Crippen LogP contribution in [0.4, 0.5) is 17.6 Å². The zero-order chi connectivity index (χ0) is 15.2. The highest BCUT2D eigenvalue weighted by Crippen LogP contribution is 2.39. The number of fused-ring (bicyclic) bond motifs is 2. The monoisotopic (exact) mass is 302 g/mol. The van der Waals surface area contributed by atoms with Gasteiger partial charge in [0, 0.05) is 11.5 Å². The normalized spacial score (nSPS) is 28.7. The van der Waals surface area contributed by atoms with E-state index in [-0.39, 0.29) is 12.2 Å². The minimum absolute atomic E-state index is 0.0347. The molecule has 0 N–H and O–H groups in total. The van der Waals surface area contributed by atoms with E-state index >= 15 is 0 Å². The highest BCUT2D eigenvalue weighted by Gasteiger charge is 2.41. The minimum atomic E-state index is -4.74. The lowest BCUT2D eigenvalue weighted by atomic mass is 9.86. The van der Waals surface area contributed by atoms with E-state index in [2.05, 4.69) is 0 Å². The largest absolute Gasteiger partial charge is 0.417 e. The molecular weight excluding hydrogens is 288 g/mol. The Labute approximate surface area is 119 Å². The van der Waals surface area contributed by atoms with Crippen molar-refractivity contribution in [2.75, 3.05) is 0 Å². The second-order valence-corrected chi connectivity index (χ2v) is 5.68. The van der Waals surface area contributed by atoms with E-state index in [9.17, 15) is 22.4 Å². The molecule has 0 saturated carbocycles. The topological polar surface area (TPSA) is 26.3 Å². The summed E-state index contributed by atoms with van der Waals surface area (Å²) in [6.45, 7) is 0. The summed E-state index contributed by atoms with van der Waals surface area (Å²) in [4.78, 5) is 12.4. The van der Waals surface area contributed by atoms with E-state index in [1.807, 2.05) is 0 Å². The molecule has 2 saturated heterocycles. The molecule has 0 radical (unpaired) electrons. The Morgan fingerprint density at radius 1 is 1.14 bits per heavy atom. The number of ether oxygens (including phenoxy) is 1. The van der Waals surface area contributed by atoms with Crippen LogP contribution in [-0.4, -0.2) is 18.0 Å². The molecule has 21 heavy (non-hydrogen) atoms. The van der Waals surface area contributed by atoms with Gasteiger partial charge in [-0.25, -0.2) is 4.39 Å². The molecule has 2 aliphatic rings. The molecule has 2 bridgehead atoms. The average Bonchev–Trinajstić information content (AvgIpc) is 2.75. The molecule has 2 fully saturated rings. The number of alkyl halides is 3. The second-order valence-electron chi connectivity index (χ2n) is 5.68. The highest BCUT2D eigenvalue weighted by atomic mass is 19.4. The first kappa shape index (κ1) is 14.5. The molecule has 3 rings (SSSR count). The molecule has 114 valence electrons. The van der Waals surface area contributed by atoms with Gasteiger partial charge in [-0.3, -0.25) is 4.79 Å². The Balaban J connectivity index is 1.91. The van der Waals surface area contributed by atoms with Crippen molar-refractivity contribution >= 4 is 5.78 Å². The zero-order valence-corrected chi connectivity index (χ0v) is 11.1. The molecule has 2 aliphatic heterocycles. The Hall–Kier alpha value is -1.43. The van der Waals surface area contributed by atoms with Gasteiger partial charge in [-0.05, 0) is 43.9 Å². The molecule has 0 aliphatic carbocycles. The number of ketones is 1. The predicted molar refractivity (Wildman–Crippen MR) is 66.4 cm³/mol. The van der Waals surface area contributed by atoms with Crippen LogP contribution in [0, 0.1) is 11.7 Å². The van der Waals surface area contributed by atoms with Crippen LogP contribution < -0.4 is 0 Å². The smallest absolute Gasteiger partial charge is 0.375 e. The molecule has 2 heterocycles. The maximum absolute atomic E-state index is 13.1. The Morgan fingerprint density at radius 2 is 1.76 bits per heavy atom. The van der Waals surface area contributed by atoms with Gasteiger partial charge < -0.3 is 4.74 Å². The van der Waals surface area contributed by atoms with Crippen LogP contribution in [0.15, 0.2) is 18.2 Å². The summed E-state index contributed by atoms with van der Waals surface area (Å²) in [6.07, 6.45) is -2.21. The molecule has 2 nitrogen and oxygen atoms in total. The number of Topliss-reactive ketones (excluding diaryl/α,β-unsaturated/α-hetero) is 1. The summed E-state index contributed by atoms with van der Waals surface area (Å²) in [5.74, 6) is -2.02. The van der Waals surface area contributed by atoms with E-state index in [1.54, 1.807) is 0 Å². The fraction of sp³-hybridized carbons (Fsp3) is 0.533. The fourth-order valence-corrected chi connectivity index (χ4v) is 3.26. The third-order valence-electron chi connectivity index (χ3n) is 4.21. The third kappa shape index (κ3) is 2.81. The van der Waals surface area contributed by atoms with Crippen molar-refractivity contribution in [1.29, 1.82) is 0 Å². The number of halogens is 4. The van der Waals surface area contributed by atoms with Crippen LogP contribution in [0.3, 0.4) is 0 Å². The molecular formula is C15H14F4O2. The zero-order valence-electron chi connectivity index (χ0n) is 11.1. The molecule has 0 amide bonds. The van der Waals surface area contributed by atoms with Crippen LogP contribution in [0.2, 0.25) is 0 Å². The summed E-state index contributed by atoms with van der Waals surface area (Å²) >= 11 is 0. The molecule has 1 aromatic rings. The van der Waals surface area contributed by atoms with Crippen molar-refractivity contribution in [1.82, 2.24) is 0 Å². The van der Waals surface area contributed by atoms with Crippen molar-refractivity contribution < 1.29 is 27.1 Å². The van der Waals surface area contributed by atoms with Gasteiger partial charge in [0.25, 0.3) is 0 Å². The lowest BCUT2D eigenvalue weighted by Gasteiger charge is -2.28. The van der Waals surface area contributed by atoms with E-state index < -0.39 is 34.8 Å². The number of carbonyl (C=O) groups is 1. The van der Waals surface area contributed by atoms with Gasteiger partial charge >= 0.3 is 6.18 Å². The molecule has 0 spiro atoms. The molecule has 2 unspecified atom stereocenters. The van der Waals surface area contributed by atoms with Gasteiger partial charge in [0.2, 0.25) is 0 Å². The summed E-state index contributed by atoms with van der Waals surface area (Å²) < 4.78 is 57.6. The van der Waals surface area contributed by atoms with Gasteiger partial charge in [-0.15, -0.1) is 0 Å². The van der Waals surface area contributed by atoms with Gasteiger partial charge in [0.1, 0.15) is 5.82 Å². The van der Waals surface area contributed by atoms with Crippen molar-refractivity contribution in [2.45, 2.75) is 44.1 Å². The van der Waals surface area contributed by atoms with Gasteiger partial charge in [0.15, 0.2) is 5.78 Å². The van der Waals surface area contributed by atoms with E-state index in [0.717, 1.165) is 25.0 Å². The van der Waals surface area contributed by atoms with E-state index in [0.29, 0.717) is 18.9 Å². The van der Waals surface area contributed by atoms with Crippen LogP contribution in [0.5, 0.6) is 0 Å². The maximum atomic E-state index is 13.1. The van der Waals surface area contributed by atoms with Gasteiger partial charge in [-0.1, -0.05) is 0 Å². The summed E-state index contributed by atoms with van der Waals surface area (Å²) in [7, 11) is 0. The van der Waals surface area contributed by atoms with Crippen LogP contribution in [0.25, 0.3) is 0 Å². The van der Waals surface area contributed by atoms with Gasteiger partial charge in [0.05, 0.1) is 17.8 Å². The summed E-state index contributed by atoms with van der Waals surface area (Å²) in [5.41, 5.74) is -1.62. The number of rotatable bonds is 2. The molecule has 6 heteroatoms. The molecule has 0 aromatic heterocycles. The number of benzene rings is 1. The maximum Gasteiger partial charge on any atom is 0.417 e. The van der Waals surface area contributed by atoms with Crippen LogP contribution in [-0.2, 0) is 10.9 Å². The van der Waals surface area contributed by atoms with Crippen molar-refractivity contribution in [3.05, 3.63) is 35.1 Å². The average molecular weight is 302 g/mol. The van der Waals surface area contributed by atoms with Crippen molar-refractivity contribution in [3.63, 3.8) is 0 Å². The first-order valence-corrected chi connectivity index (χ1v) is 6.91. The van der Waals surface area contributed by atoms with Crippen molar-refractivity contribution in [2.24, 2.45) is 5.92 Å². The summed E-state index contributed by atoms with van der Waals surface area (Å²) in [6, 6.07) is 2.23. The van der Waals surface area contributed by atoms with Gasteiger partial charge in [-0.2, -0.15) is 13.2 Å². The van der Waals surface area contributed by atoms with Crippen molar-refractivity contribution in [3.8, 4) is 0 Å².